The van der Waals surface area contributed by atoms with Crippen LogP contribution in [0.25, 0.3) is 11.0 Å². The van der Waals surface area contributed by atoms with Crippen molar-refractivity contribution in [1.29, 1.82) is 0 Å². The van der Waals surface area contributed by atoms with Gasteiger partial charge in [0.05, 0.1) is 23.7 Å². The van der Waals surface area contributed by atoms with Crippen LogP contribution in [-0.4, -0.2) is 51.0 Å². The minimum Gasteiger partial charge on any atom is -0.396 e. The van der Waals surface area contributed by atoms with E-state index in [1.54, 1.807) is 0 Å². The quantitative estimate of drug-likeness (QED) is 0.778. The van der Waals surface area contributed by atoms with Crippen molar-refractivity contribution >= 4 is 11.0 Å². The molecule has 0 fully saturated rings. The highest BCUT2D eigenvalue weighted by Gasteiger charge is 2.20. The molecule has 5 heteroatoms. The first-order valence-corrected chi connectivity index (χ1v) is 7.63. The summed E-state index contributed by atoms with van der Waals surface area (Å²) >= 11 is 0. The Hall–Kier alpha value is -1.43. The molecule has 0 radical (unpaired) electrons. The molecule has 2 rings (SSSR count). The van der Waals surface area contributed by atoms with E-state index in [0.29, 0.717) is 13.0 Å². The molecule has 1 aromatic heterocycles. The van der Waals surface area contributed by atoms with E-state index in [1.807, 2.05) is 18.2 Å². The fourth-order valence-corrected chi connectivity index (χ4v) is 2.79. The lowest BCUT2D eigenvalue weighted by molar-refractivity contribution is 0.158. The number of likely N-dealkylation sites (N-methyl/N-ethyl adjacent to an activating group) is 1. The van der Waals surface area contributed by atoms with E-state index in [-0.39, 0.29) is 19.3 Å². The SMILES string of the molecule is CCN(CCO)C(C)c1nc2ccccc2n1CCCO. The van der Waals surface area contributed by atoms with Crippen molar-refractivity contribution in [3.05, 3.63) is 30.1 Å². The molecule has 0 aliphatic rings. The van der Waals surface area contributed by atoms with Gasteiger partial charge in [-0.05, 0) is 32.0 Å². The Morgan fingerprint density at radius 2 is 2.00 bits per heavy atom. The van der Waals surface area contributed by atoms with Crippen molar-refractivity contribution in [1.82, 2.24) is 14.5 Å². The second-order valence-corrected chi connectivity index (χ2v) is 5.22. The van der Waals surface area contributed by atoms with Crippen LogP contribution < -0.4 is 0 Å². The van der Waals surface area contributed by atoms with Gasteiger partial charge in [-0.15, -0.1) is 0 Å². The van der Waals surface area contributed by atoms with E-state index in [9.17, 15) is 5.11 Å². The molecule has 0 spiro atoms. The first-order valence-electron chi connectivity index (χ1n) is 7.63. The predicted octanol–water partition coefficient (Wildman–Crippen LogP) is 1.79. The van der Waals surface area contributed by atoms with Crippen LogP contribution in [0.5, 0.6) is 0 Å². The smallest absolute Gasteiger partial charge is 0.127 e. The van der Waals surface area contributed by atoms with Gasteiger partial charge in [-0.3, -0.25) is 4.90 Å². The molecule has 0 amide bonds. The fraction of sp³-hybridized carbons (Fsp3) is 0.562. The molecule has 1 aromatic carbocycles. The standard InChI is InChI=1S/C16H25N3O2/c1-3-18(10-12-21)13(2)16-17-14-7-4-5-8-15(14)19(16)9-6-11-20/h4-5,7-8,13,20-21H,3,6,9-12H2,1-2H3. The predicted molar refractivity (Wildman–Crippen MR) is 84.2 cm³/mol. The van der Waals surface area contributed by atoms with Gasteiger partial charge in [-0.1, -0.05) is 19.1 Å². The lowest BCUT2D eigenvalue weighted by Crippen LogP contribution is -2.31. The van der Waals surface area contributed by atoms with Gasteiger partial charge in [0, 0.05) is 19.7 Å². The van der Waals surface area contributed by atoms with Crippen molar-refractivity contribution in [2.45, 2.75) is 32.9 Å². The zero-order chi connectivity index (χ0) is 15.2. The zero-order valence-corrected chi connectivity index (χ0v) is 12.9. The molecule has 21 heavy (non-hydrogen) atoms. The van der Waals surface area contributed by atoms with Crippen molar-refractivity contribution in [2.24, 2.45) is 0 Å². The third-order valence-corrected chi connectivity index (χ3v) is 3.94. The minimum absolute atomic E-state index is 0.133. The van der Waals surface area contributed by atoms with Gasteiger partial charge in [0.1, 0.15) is 5.82 Å². The van der Waals surface area contributed by atoms with Crippen LogP contribution in [0.15, 0.2) is 24.3 Å². The molecule has 0 saturated carbocycles. The van der Waals surface area contributed by atoms with E-state index in [1.165, 1.54) is 0 Å². The molecule has 1 heterocycles. The van der Waals surface area contributed by atoms with Crippen molar-refractivity contribution in [3.8, 4) is 0 Å². The molecule has 0 bridgehead atoms. The first-order chi connectivity index (χ1) is 10.2. The number of rotatable bonds is 8. The minimum atomic E-state index is 0.133. The summed E-state index contributed by atoms with van der Waals surface area (Å²) < 4.78 is 2.19. The van der Waals surface area contributed by atoms with E-state index in [4.69, 9.17) is 10.1 Å². The monoisotopic (exact) mass is 291 g/mol. The Labute approximate surface area is 125 Å². The second-order valence-electron chi connectivity index (χ2n) is 5.22. The summed E-state index contributed by atoms with van der Waals surface area (Å²) in [6, 6.07) is 8.22. The molecule has 1 atom stereocenters. The van der Waals surface area contributed by atoms with Gasteiger partial charge in [-0.25, -0.2) is 4.98 Å². The third-order valence-electron chi connectivity index (χ3n) is 3.94. The van der Waals surface area contributed by atoms with E-state index >= 15 is 0 Å². The normalized spacial score (nSPS) is 13.2. The molecule has 2 N–H and O–H groups in total. The number of aromatic nitrogens is 2. The molecule has 2 aromatic rings. The Morgan fingerprint density at radius 3 is 2.67 bits per heavy atom. The number of hydrogen-bond acceptors (Lipinski definition) is 4. The number of aryl methyl sites for hydroxylation is 1. The summed E-state index contributed by atoms with van der Waals surface area (Å²) in [6.07, 6.45) is 0.714. The number of hydrogen-bond donors (Lipinski definition) is 2. The van der Waals surface area contributed by atoms with Crippen molar-refractivity contribution < 1.29 is 10.2 Å². The largest absolute Gasteiger partial charge is 0.396 e. The zero-order valence-electron chi connectivity index (χ0n) is 12.9. The van der Waals surface area contributed by atoms with E-state index in [2.05, 4.69) is 29.4 Å². The number of aliphatic hydroxyl groups excluding tert-OH is 2. The van der Waals surface area contributed by atoms with E-state index < -0.39 is 0 Å². The second kappa shape index (κ2) is 7.54. The molecule has 5 nitrogen and oxygen atoms in total. The molecular formula is C16H25N3O2. The Kier molecular flexibility index (Phi) is 5.73. The number of para-hydroxylation sites is 2. The van der Waals surface area contributed by atoms with Crippen molar-refractivity contribution in [3.63, 3.8) is 0 Å². The highest BCUT2D eigenvalue weighted by atomic mass is 16.3. The van der Waals surface area contributed by atoms with Crippen LogP contribution in [0.3, 0.4) is 0 Å². The highest BCUT2D eigenvalue weighted by Crippen LogP contribution is 2.24. The highest BCUT2D eigenvalue weighted by molar-refractivity contribution is 5.76. The molecular weight excluding hydrogens is 266 g/mol. The van der Waals surface area contributed by atoms with Gasteiger partial charge in [0.2, 0.25) is 0 Å². The summed E-state index contributed by atoms with van der Waals surface area (Å²) in [4.78, 5) is 6.98. The average molecular weight is 291 g/mol. The summed E-state index contributed by atoms with van der Waals surface area (Å²) in [5.74, 6) is 1.000. The lowest BCUT2D eigenvalue weighted by atomic mass is 10.2. The maximum Gasteiger partial charge on any atom is 0.127 e. The summed E-state index contributed by atoms with van der Waals surface area (Å²) in [6.45, 7) is 6.80. The first kappa shape index (κ1) is 15.9. The summed E-state index contributed by atoms with van der Waals surface area (Å²) in [5.41, 5.74) is 2.09. The maximum absolute atomic E-state index is 9.21. The van der Waals surface area contributed by atoms with Gasteiger partial charge >= 0.3 is 0 Å². The molecule has 0 saturated heterocycles. The van der Waals surface area contributed by atoms with Crippen LogP contribution in [0, 0.1) is 0 Å². The Balaban J connectivity index is 2.40. The molecule has 0 aliphatic heterocycles. The Bertz CT molecular complexity index is 568. The number of aliphatic hydroxyl groups is 2. The third kappa shape index (κ3) is 3.43. The number of fused-ring (bicyclic) bond motifs is 1. The fourth-order valence-electron chi connectivity index (χ4n) is 2.79. The maximum atomic E-state index is 9.21. The summed E-state index contributed by atoms with van der Waals surface area (Å²) in [5, 5.41) is 18.3. The lowest BCUT2D eigenvalue weighted by Gasteiger charge is -2.27. The Morgan fingerprint density at radius 1 is 1.24 bits per heavy atom. The van der Waals surface area contributed by atoms with E-state index in [0.717, 1.165) is 29.9 Å². The van der Waals surface area contributed by atoms with Crippen LogP contribution in [0.2, 0.25) is 0 Å². The molecule has 0 aliphatic carbocycles. The molecule has 1 unspecified atom stereocenters. The number of benzene rings is 1. The number of imidazole rings is 1. The van der Waals surface area contributed by atoms with Crippen molar-refractivity contribution in [2.75, 3.05) is 26.3 Å². The van der Waals surface area contributed by atoms with Crippen LogP contribution in [-0.2, 0) is 6.54 Å². The van der Waals surface area contributed by atoms with Gasteiger partial charge in [-0.2, -0.15) is 0 Å². The van der Waals surface area contributed by atoms with Gasteiger partial charge in [0.15, 0.2) is 0 Å². The molecule has 116 valence electrons. The topological polar surface area (TPSA) is 61.5 Å². The number of nitrogens with zero attached hydrogens (tertiary/aromatic N) is 3. The average Bonchev–Trinajstić information content (AvgIpc) is 2.88. The van der Waals surface area contributed by atoms with Gasteiger partial charge in [0.25, 0.3) is 0 Å². The van der Waals surface area contributed by atoms with Crippen LogP contribution >= 0.6 is 0 Å². The van der Waals surface area contributed by atoms with Crippen LogP contribution in [0.4, 0.5) is 0 Å². The summed E-state index contributed by atoms with van der Waals surface area (Å²) in [7, 11) is 0. The van der Waals surface area contributed by atoms with Crippen LogP contribution in [0.1, 0.15) is 32.1 Å². The van der Waals surface area contributed by atoms with Gasteiger partial charge < -0.3 is 14.8 Å².